The largest absolute Gasteiger partial charge is 0.485 e. The lowest BCUT2D eigenvalue weighted by molar-refractivity contribution is -0.133. The molecule has 1 atom stereocenters. The van der Waals surface area contributed by atoms with Gasteiger partial charge >= 0.3 is 0 Å². The average Bonchev–Trinajstić information content (AvgIpc) is 3.27. The van der Waals surface area contributed by atoms with Crippen molar-refractivity contribution in [3.05, 3.63) is 66.1 Å². The molecule has 156 valence electrons. The van der Waals surface area contributed by atoms with Gasteiger partial charge in [-0.1, -0.05) is 36.4 Å². The number of ether oxygens (including phenoxy) is 1. The number of piperidine rings is 1. The molecule has 1 saturated heterocycles. The van der Waals surface area contributed by atoms with Crippen LogP contribution in [0.4, 0.5) is 0 Å². The number of benzene rings is 2. The SMILES string of the molecule is CC(NC(=O)c1ccc(COc2cccc3ccccc23)o1)C(=O)N1CCCCC1. The zero-order valence-electron chi connectivity index (χ0n) is 17.1. The van der Waals surface area contributed by atoms with Crippen LogP contribution in [0.5, 0.6) is 5.75 Å². The van der Waals surface area contributed by atoms with Crippen molar-refractivity contribution in [3.8, 4) is 5.75 Å². The molecule has 0 saturated carbocycles. The fourth-order valence-electron chi connectivity index (χ4n) is 3.77. The molecule has 4 rings (SSSR count). The molecule has 6 nitrogen and oxygen atoms in total. The van der Waals surface area contributed by atoms with Crippen LogP contribution in [0, 0.1) is 0 Å². The molecule has 1 aliphatic heterocycles. The van der Waals surface area contributed by atoms with Crippen molar-refractivity contribution in [2.45, 2.75) is 38.8 Å². The van der Waals surface area contributed by atoms with Gasteiger partial charge in [-0.05, 0) is 49.8 Å². The Morgan fingerprint density at radius 3 is 2.63 bits per heavy atom. The van der Waals surface area contributed by atoms with E-state index in [-0.39, 0.29) is 18.3 Å². The minimum absolute atomic E-state index is 0.0471. The van der Waals surface area contributed by atoms with E-state index in [2.05, 4.69) is 5.32 Å². The van der Waals surface area contributed by atoms with Crippen molar-refractivity contribution in [3.63, 3.8) is 0 Å². The van der Waals surface area contributed by atoms with Gasteiger partial charge in [0.1, 0.15) is 24.2 Å². The zero-order chi connectivity index (χ0) is 20.9. The van der Waals surface area contributed by atoms with Crippen molar-refractivity contribution in [2.75, 3.05) is 13.1 Å². The number of hydrogen-bond donors (Lipinski definition) is 1. The summed E-state index contributed by atoms with van der Waals surface area (Å²) >= 11 is 0. The highest BCUT2D eigenvalue weighted by molar-refractivity contribution is 5.95. The minimum atomic E-state index is -0.587. The summed E-state index contributed by atoms with van der Waals surface area (Å²) in [6, 6.07) is 16.6. The van der Waals surface area contributed by atoms with E-state index in [1.165, 1.54) is 0 Å². The molecule has 0 spiro atoms. The third-order valence-corrected chi connectivity index (χ3v) is 5.39. The quantitative estimate of drug-likeness (QED) is 0.668. The number of nitrogens with one attached hydrogen (secondary N) is 1. The van der Waals surface area contributed by atoms with E-state index in [0.29, 0.717) is 5.76 Å². The molecule has 1 fully saturated rings. The average molecular weight is 406 g/mol. The van der Waals surface area contributed by atoms with Gasteiger partial charge in [0.15, 0.2) is 5.76 Å². The summed E-state index contributed by atoms with van der Waals surface area (Å²) in [5.41, 5.74) is 0. The van der Waals surface area contributed by atoms with Crippen molar-refractivity contribution in [1.29, 1.82) is 0 Å². The van der Waals surface area contributed by atoms with Crippen LogP contribution in [-0.2, 0) is 11.4 Å². The van der Waals surface area contributed by atoms with Crippen LogP contribution in [0.25, 0.3) is 10.8 Å². The first-order chi connectivity index (χ1) is 14.6. The van der Waals surface area contributed by atoms with Crippen molar-refractivity contribution in [2.24, 2.45) is 0 Å². The lowest BCUT2D eigenvalue weighted by Crippen LogP contribution is -2.48. The number of likely N-dealkylation sites (tertiary alicyclic amines) is 1. The monoisotopic (exact) mass is 406 g/mol. The molecule has 3 aromatic rings. The number of rotatable bonds is 6. The maximum absolute atomic E-state index is 12.5. The van der Waals surface area contributed by atoms with Crippen LogP contribution < -0.4 is 10.1 Å². The number of amides is 2. The molecule has 2 aromatic carbocycles. The number of nitrogens with zero attached hydrogens (tertiary/aromatic N) is 1. The predicted molar refractivity (Wildman–Crippen MR) is 114 cm³/mol. The molecule has 2 heterocycles. The van der Waals surface area contributed by atoms with Crippen LogP contribution >= 0.6 is 0 Å². The van der Waals surface area contributed by atoms with Gasteiger partial charge in [-0.3, -0.25) is 9.59 Å². The molecule has 6 heteroatoms. The summed E-state index contributed by atoms with van der Waals surface area (Å²) in [7, 11) is 0. The van der Waals surface area contributed by atoms with Gasteiger partial charge in [0.05, 0.1) is 0 Å². The summed E-state index contributed by atoms with van der Waals surface area (Å²) < 4.78 is 11.6. The smallest absolute Gasteiger partial charge is 0.287 e. The van der Waals surface area contributed by atoms with Crippen molar-refractivity contribution < 1.29 is 18.7 Å². The highest BCUT2D eigenvalue weighted by Gasteiger charge is 2.24. The number of carbonyl (C=O) groups is 2. The zero-order valence-corrected chi connectivity index (χ0v) is 17.1. The van der Waals surface area contributed by atoms with Gasteiger partial charge in [0, 0.05) is 18.5 Å². The Balaban J connectivity index is 1.35. The fourth-order valence-corrected chi connectivity index (χ4v) is 3.77. The van der Waals surface area contributed by atoms with E-state index in [9.17, 15) is 9.59 Å². The van der Waals surface area contributed by atoms with Gasteiger partial charge in [0.2, 0.25) is 5.91 Å². The summed E-state index contributed by atoms with van der Waals surface area (Å²) in [6.45, 7) is 3.44. The maximum atomic E-state index is 12.5. The van der Waals surface area contributed by atoms with E-state index < -0.39 is 11.9 Å². The summed E-state index contributed by atoms with van der Waals surface area (Å²) in [5.74, 6) is 1.03. The third-order valence-electron chi connectivity index (χ3n) is 5.39. The second kappa shape index (κ2) is 9.03. The second-order valence-corrected chi connectivity index (χ2v) is 7.61. The van der Waals surface area contributed by atoms with Crippen molar-refractivity contribution in [1.82, 2.24) is 10.2 Å². The predicted octanol–water partition coefficient (Wildman–Crippen LogP) is 4.14. The first-order valence-corrected chi connectivity index (χ1v) is 10.4. The van der Waals surface area contributed by atoms with E-state index >= 15 is 0 Å². The number of carbonyl (C=O) groups excluding carboxylic acids is 2. The Labute approximate surface area is 175 Å². The number of fused-ring (bicyclic) bond motifs is 1. The molecule has 2 amide bonds. The lowest BCUT2D eigenvalue weighted by Gasteiger charge is -2.29. The first kappa shape index (κ1) is 20.0. The molecule has 1 aliphatic rings. The van der Waals surface area contributed by atoms with Crippen LogP contribution in [0.3, 0.4) is 0 Å². The van der Waals surface area contributed by atoms with Crippen LogP contribution in [0.1, 0.15) is 42.5 Å². The van der Waals surface area contributed by atoms with Crippen molar-refractivity contribution >= 4 is 22.6 Å². The van der Waals surface area contributed by atoms with Gasteiger partial charge in [-0.15, -0.1) is 0 Å². The highest BCUT2D eigenvalue weighted by atomic mass is 16.5. The molecule has 0 radical (unpaired) electrons. The summed E-state index contributed by atoms with van der Waals surface area (Å²) in [4.78, 5) is 26.8. The number of hydrogen-bond acceptors (Lipinski definition) is 4. The topological polar surface area (TPSA) is 71.8 Å². The molecule has 1 aromatic heterocycles. The first-order valence-electron chi connectivity index (χ1n) is 10.4. The van der Waals surface area contributed by atoms with E-state index in [1.807, 2.05) is 47.4 Å². The Hall–Kier alpha value is -3.28. The molecule has 0 aliphatic carbocycles. The Morgan fingerprint density at radius 1 is 1.03 bits per heavy atom. The van der Waals surface area contributed by atoms with Gasteiger partial charge in [0.25, 0.3) is 5.91 Å². The molecule has 1 unspecified atom stereocenters. The lowest BCUT2D eigenvalue weighted by atomic mass is 10.1. The standard InChI is InChI=1S/C24H26N2O4/c1-17(24(28)26-14-5-2-6-15-26)25-23(27)22-13-12-19(30-22)16-29-21-11-7-9-18-8-3-4-10-20(18)21/h3-4,7-13,17H,2,5-6,14-16H2,1H3,(H,25,27). The van der Waals surface area contributed by atoms with Gasteiger partial charge < -0.3 is 19.4 Å². The van der Waals surface area contributed by atoms with Crippen LogP contribution in [-0.4, -0.2) is 35.8 Å². The molecule has 30 heavy (non-hydrogen) atoms. The molecular weight excluding hydrogens is 380 g/mol. The minimum Gasteiger partial charge on any atom is -0.485 e. The molecule has 0 bridgehead atoms. The van der Waals surface area contributed by atoms with Crippen LogP contribution in [0.15, 0.2) is 59.0 Å². The summed E-state index contributed by atoms with van der Waals surface area (Å²) in [6.07, 6.45) is 3.19. The Morgan fingerprint density at radius 2 is 1.80 bits per heavy atom. The third kappa shape index (κ3) is 4.48. The normalized spacial score (nSPS) is 15.0. The van der Waals surface area contributed by atoms with Gasteiger partial charge in [-0.2, -0.15) is 0 Å². The molecule has 1 N–H and O–H groups in total. The maximum Gasteiger partial charge on any atom is 0.287 e. The van der Waals surface area contributed by atoms with E-state index in [4.69, 9.17) is 9.15 Å². The van der Waals surface area contributed by atoms with E-state index in [0.717, 1.165) is 48.9 Å². The molecular formula is C24H26N2O4. The van der Waals surface area contributed by atoms with E-state index in [1.54, 1.807) is 19.1 Å². The fraction of sp³-hybridized carbons (Fsp3) is 0.333. The Kier molecular flexibility index (Phi) is 6.02. The van der Waals surface area contributed by atoms with Crippen LogP contribution in [0.2, 0.25) is 0 Å². The van der Waals surface area contributed by atoms with Gasteiger partial charge in [-0.25, -0.2) is 0 Å². The second-order valence-electron chi connectivity index (χ2n) is 7.61. The highest BCUT2D eigenvalue weighted by Crippen LogP contribution is 2.26. The number of furan rings is 1. The summed E-state index contributed by atoms with van der Waals surface area (Å²) in [5, 5.41) is 4.86. The Bertz CT molecular complexity index is 1030.